The van der Waals surface area contributed by atoms with Crippen LogP contribution in [0.15, 0.2) is 0 Å². The molecule has 1 saturated heterocycles. The van der Waals surface area contributed by atoms with Gasteiger partial charge in [-0.05, 0) is 7.05 Å². The molecule has 2 atom stereocenters. The van der Waals surface area contributed by atoms with E-state index >= 15 is 0 Å². The van der Waals surface area contributed by atoms with Crippen LogP contribution in [0.2, 0.25) is 0 Å². The molecule has 7 heavy (non-hydrogen) atoms. The normalized spacial score (nSPS) is 38.6. The third-order valence-electron chi connectivity index (χ3n) is 0.870. The second-order valence-corrected chi connectivity index (χ2v) is 1.35. The van der Waals surface area contributed by atoms with Crippen LogP contribution in [0.4, 0.5) is 0 Å². The second kappa shape index (κ2) is 1.75. The topological polar surface area (TPSA) is 59.8 Å². The molecule has 1 aliphatic heterocycles. The van der Waals surface area contributed by atoms with Crippen LogP contribution in [0.25, 0.3) is 0 Å². The Kier molecular flexibility index (Phi) is 1.25. The Morgan fingerprint density at radius 3 is 2.71 bits per heavy atom. The minimum absolute atomic E-state index is 0.0185. The van der Waals surface area contributed by atoms with Gasteiger partial charge in [-0.1, -0.05) is 0 Å². The van der Waals surface area contributed by atoms with Gasteiger partial charge in [0.2, 0.25) is 6.29 Å². The summed E-state index contributed by atoms with van der Waals surface area (Å²) in [4.78, 5) is 4.28. The highest BCUT2D eigenvalue weighted by atomic mass is 16.8. The van der Waals surface area contributed by atoms with Crippen LogP contribution in [0.3, 0.4) is 0 Å². The van der Waals surface area contributed by atoms with Crippen molar-refractivity contribution in [1.82, 2.24) is 5.32 Å². The van der Waals surface area contributed by atoms with Gasteiger partial charge < -0.3 is 4.74 Å². The smallest absolute Gasteiger partial charge is 0.218 e. The van der Waals surface area contributed by atoms with E-state index in [1.165, 1.54) is 0 Å². The standard InChI is InChI=1S/C3H8N2O2/c1-5-2-3(6-2)7-4/h2-3,5H,4H2,1H3. The molecule has 4 nitrogen and oxygen atoms in total. The minimum Gasteiger partial charge on any atom is -0.323 e. The van der Waals surface area contributed by atoms with Crippen molar-refractivity contribution in [3.8, 4) is 0 Å². The predicted molar refractivity (Wildman–Crippen MR) is 23.0 cm³/mol. The molecule has 0 saturated carbocycles. The fraction of sp³-hybridized carbons (Fsp3) is 1.00. The van der Waals surface area contributed by atoms with Gasteiger partial charge in [0.05, 0.1) is 0 Å². The predicted octanol–water partition coefficient (Wildman–Crippen LogP) is -1.22. The van der Waals surface area contributed by atoms with Crippen molar-refractivity contribution < 1.29 is 9.57 Å². The van der Waals surface area contributed by atoms with Crippen molar-refractivity contribution >= 4 is 0 Å². The molecule has 0 amide bonds. The van der Waals surface area contributed by atoms with Crippen molar-refractivity contribution in [2.45, 2.75) is 12.5 Å². The van der Waals surface area contributed by atoms with Gasteiger partial charge in [0.15, 0.2) is 6.23 Å². The number of hydrogen-bond donors (Lipinski definition) is 2. The Balaban J connectivity index is 2.06. The quantitative estimate of drug-likeness (QED) is 0.340. The van der Waals surface area contributed by atoms with Gasteiger partial charge in [0, 0.05) is 0 Å². The number of rotatable bonds is 2. The molecule has 0 radical (unpaired) electrons. The van der Waals surface area contributed by atoms with Crippen LogP contribution in [0.1, 0.15) is 0 Å². The molecule has 3 N–H and O–H groups in total. The highest BCUT2D eigenvalue weighted by Gasteiger charge is 2.38. The zero-order chi connectivity index (χ0) is 5.28. The molecule has 0 aliphatic carbocycles. The Bertz CT molecular complexity index is 60.0. The van der Waals surface area contributed by atoms with E-state index in [2.05, 4.69) is 10.2 Å². The molecule has 42 valence electrons. The molecule has 0 aromatic heterocycles. The van der Waals surface area contributed by atoms with E-state index in [1.54, 1.807) is 7.05 Å². The molecule has 1 fully saturated rings. The lowest BCUT2D eigenvalue weighted by Crippen LogP contribution is -2.16. The Hall–Kier alpha value is -0.160. The summed E-state index contributed by atoms with van der Waals surface area (Å²) >= 11 is 0. The monoisotopic (exact) mass is 104 g/mol. The molecule has 2 unspecified atom stereocenters. The Labute approximate surface area is 41.5 Å². The van der Waals surface area contributed by atoms with Crippen LogP contribution >= 0.6 is 0 Å². The van der Waals surface area contributed by atoms with Crippen LogP contribution < -0.4 is 11.2 Å². The average molecular weight is 104 g/mol. The van der Waals surface area contributed by atoms with E-state index in [9.17, 15) is 0 Å². The van der Waals surface area contributed by atoms with Crippen molar-refractivity contribution in [2.75, 3.05) is 7.05 Å². The summed E-state index contributed by atoms with van der Waals surface area (Å²) in [6.45, 7) is 0. The number of ether oxygens (including phenoxy) is 1. The van der Waals surface area contributed by atoms with E-state index in [-0.39, 0.29) is 12.5 Å². The third-order valence-corrected chi connectivity index (χ3v) is 0.870. The highest BCUT2D eigenvalue weighted by molar-refractivity contribution is 4.70. The maximum atomic E-state index is 4.76. The first-order chi connectivity index (χ1) is 3.38. The van der Waals surface area contributed by atoms with Gasteiger partial charge in [-0.15, -0.1) is 0 Å². The third kappa shape index (κ3) is 0.889. The van der Waals surface area contributed by atoms with Crippen LogP contribution in [-0.2, 0) is 9.57 Å². The van der Waals surface area contributed by atoms with E-state index in [1.807, 2.05) is 0 Å². The van der Waals surface area contributed by atoms with E-state index < -0.39 is 0 Å². The Morgan fingerprint density at radius 2 is 2.57 bits per heavy atom. The van der Waals surface area contributed by atoms with Gasteiger partial charge in [-0.25, -0.2) is 5.90 Å². The van der Waals surface area contributed by atoms with E-state index in [0.29, 0.717) is 0 Å². The second-order valence-electron chi connectivity index (χ2n) is 1.35. The average Bonchev–Trinajstić information content (AvgIpc) is 2.43. The molecule has 0 spiro atoms. The number of likely N-dealkylation sites (N-methyl/N-ethyl adjacent to an activating group) is 1. The number of nitrogens with one attached hydrogen (secondary N) is 1. The van der Waals surface area contributed by atoms with Gasteiger partial charge in [-0.2, -0.15) is 0 Å². The van der Waals surface area contributed by atoms with Crippen LogP contribution in [-0.4, -0.2) is 19.6 Å². The van der Waals surface area contributed by atoms with Crippen molar-refractivity contribution in [2.24, 2.45) is 5.90 Å². The number of nitrogens with two attached hydrogens (primary N) is 1. The van der Waals surface area contributed by atoms with E-state index in [0.717, 1.165) is 0 Å². The molecule has 1 rings (SSSR count). The first kappa shape index (κ1) is 4.99. The zero-order valence-corrected chi connectivity index (χ0v) is 4.05. The zero-order valence-electron chi connectivity index (χ0n) is 4.05. The van der Waals surface area contributed by atoms with Crippen LogP contribution in [0.5, 0.6) is 0 Å². The number of hydrogen-bond acceptors (Lipinski definition) is 4. The first-order valence-corrected chi connectivity index (χ1v) is 2.06. The largest absolute Gasteiger partial charge is 0.323 e. The van der Waals surface area contributed by atoms with Crippen molar-refractivity contribution in [1.29, 1.82) is 0 Å². The van der Waals surface area contributed by atoms with Crippen molar-refractivity contribution in [3.05, 3.63) is 0 Å². The maximum Gasteiger partial charge on any atom is 0.218 e. The SMILES string of the molecule is CNC1OC1ON. The molecule has 0 bridgehead atoms. The van der Waals surface area contributed by atoms with Gasteiger partial charge in [0.25, 0.3) is 0 Å². The van der Waals surface area contributed by atoms with Crippen LogP contribution in [0, 0.1) is 0 Å². The van der Waals surface area contributed by atoms with Gasteiger partial charge >= 0.3 is 0 Å². The molecular formula is C3H8N2O2. The Morgan fingerprint density at radius 1 is 1.86 bits per heavy atom. The molecule has 1 aliphatic rings. The summed E-state index contributed by atoms with van der Waals surface area (Å²) in [7, 11) is 1.78. The highest BCUT2D eigenvalue weighted by Crippen LogP contribution is 2.16. The van der Waals surface area contributed by atoms with Crippen molar-refractivity contribution in [3.63, 3.8) is 0 Å². The fourth-order valence-corrected chi connectivity index (χ4v) is 0.407. The molecule has 1 heterocycles. The lowest BCUT2D eigenvalue weighted by atomic mass is 10.7. The summed E-state index contributed by atoms with van der Waals surface area (Å²) in [5.41, 5.74) is 0. The molecular weight excluding hydrogens is 96.0 g/mol. The first-order valence-electron chi connectivity index (χ1n) is 2.06. The molecule has 4 heteroatoms. The lowest BCUT2D eigenvalue weighted by Gasteiger charge is -1.84. The summed E-state index contributed by atoms with van der Waals surface area (Å²) in [6.07, 6.45) is -0.199. The summed E-state index contributed by atoms with van der Waals surface area (Å²) in [5.74, 6) is 4.73. The number of epoxide rings is 1. The summed E-state index contributed by atoms with van der Waals surface area (Å²) < 4.78 is 4.76. The van der Waals surface area contributed by atoms with Gasteiger partial charge in [-0.3, -0.25) is 10.2 Å². The lowest BCUT2D eigenvalue weighted by molar-refractivity contribution is 0.0503. The molecule has 0 aromatic carbocycles. The van der Waals surface area contributed by atoms with Gasteiger partial charge in [0.1, 0.15) is 0 Å². The minimum atomic E-state index is -0.218. The maximum absolute atomic E-state index is 4.76. The summed E-state index contributed by atoms with van der Waals surface area (Å²) in [6, 6.07) is 0. The fourth-order valence-electron chi connectivity index (χ4n) is 0.407. The van der Waals surface area contributed by atoms with E-state index in [4.69, 9.17) is 10.6 Å². The summed E-state index contributed by atoms with van der Waals surface area (Å²) in [5, 5.41) is 2.81. The molecule has 0 aromatic rings.